The molecular weight excluding hydrogens is 290 g/mol. The summed E-state index contributed by atoms with van der Waals surface area (Å²) in [7, 11) is 0. The second kappa shape index (κ2) is 6.98. The maximum atomic E-state index is 12.3. The molecule has 3 fully saturated rings. The molecule has 2 amide bonds. The van der Waals surface area contributed by atoms with E-state index in [9.17, 15) is 9.90 Å². The third kappa shape index (κ3) is 4.00. The third-order valence-electron chi connectivity index (χ3n) is 6.35. The first-order valence-electron chi connectivity index (χ1n) is 9.45. The van der Waals surface area contributed by atoms with E-state index in [2.05, 4.69) is 22.5 Å². The van der Waals surface area contributed by atoms with Crippen LogP contribution in [0.2, 0.25) is 0 Å². The molecule has 0 aromatic rings. The topological polar surface area (TPSA) is 64.6 Å². The number of nitrogens with one attached hydrogen (secondary N) is 2. The van der Waals surface area contributed by atoms with Crippen LogP contribution in [0.1, 0.15) is 58.8 Å². The number of aliphatic hydroxyl groups is 1. The van der Waals surface area contributed by atoms with Crippen molar-refractivity contribution in [3.05, 3.63) is 0 Å². The monoisotopic (exact) mass is 323 g/mol. The molecule has 3 N–H and O–H groups in total. The molecule has 0 aromatic heterocycles. The van der Waals surface area contributed by atoms with Crippen molar-refractivity contribution in [2.75, 3.05) is 19.7 Å². The quantitative estimate of drug-likeness (QED) is 0.701. The number of carbonyl (C=O) groups is 1. The van der Waals surface area contributed by atoms with E-state index in [1.807, 2.05) is 6.92 Å². The fourth-order valence-electron chi connectivity index (χ4n) is 4.14. The molecule has 0 radical (unpaired) electrons. The first kappa shape index (κ1) is 17.0. The van der Waals surface area contributed by atoms with Gasteiger partial charge in [0.1, 0.15) is 0 Å². The van der Waals surface area contributed by atoms with Crippen molar-refractivity contribution >= 4 is 6.03 Å². The van der Waals surface area contributed by atoms with Crippen molar-refractivity contribution in [2.24, 2.45) is 11.8 Å². The molecule has 0 spiro atoms. The molecule has 1 aliphatic heterocycles. The molecule has 132 valence electrons. The number of aliphatic hydroxyl groups excluding tert-OH is 1. The van der Waals surface area contributed by atoms with Gasteiger partial charge in [0.05, 0.1) is 12.1 Å². The summed E-state index contributed by atoms with van der Waals surface area (Å²) >= 11 is 0. The highest BCUT2D eigenvalue weighted by Gasteiger charge is 2.42. The van der Waals surface area contributed by atoms with Gasteiger partial charge in [-0.3, -0.25) is 0 Å². The molecular formula is C18H33N3O2. The number of urea groups is 1. The zero-order chi connectivity index (χ0) is 16.4. The Hall–Kier alpha value is -0.810. The van der Waals surface area contributed by atoms with Crippen molar-refractivity contribution in [3.63, 3.8) is 0 Å². The van der Waals surface area contributed by atoms with Crippen LogP contribution in [0, 0.1) is 11.8 Å². The van der Waals surface area contributed by atoms with Crippen LogP contribution in [0.25, 0.3) is 0 Å². The molecule has 0 bridgehead atoms. The second-order valence-electron chi connectivity index (χ2n) is 8.22. The van der Waals surface area contributed by atoms with E-state index in [1.165, 1.54) is 38.6 Å². The van der Waals surface area contributed by atoms with Crippen LogP contribution in [0.3, 0.4) is 0 Å². The maximum absolute atomic E-state index is 12.3. The molecule has 3 unspecified atom stereocenters. The number of nitrogens with zero attached hydrogens (tertiary/aromatic N) is 1. The van der Waals surface area contributed by atoms with Crippen LogP contribution >= 0.6 is 0 Å². The van der Waals surface area contributed by atoms with Crippen molar-refractivity contribution < 1.29 is 9.90 Å². The number of rotatable bonds is 6. The molecule has 5 heteroatoms. The Kier molecular flexibility index (Phi) is 5.16. The van der Waals surface area contributed by atoms with Gasteiger partial charge in [0.15, 0.2) is 0 Å². The smallest absolute Gasteiger partial charge is 0.315 e. The van der Waals surface area contributed by atoms with Gasteiger partial charge in [0.25, 0.3) is 0 Å². The molecule has 2 aliphatic carbocycles. The third-order valence-corrected chi connectivity index (χ3v) is 6.35. The Morgan fingerprint density at radius 3 is 2.57 bits per heavy atom. The summed E-state index contributed by atoms with van der Waals surface area (Å²) in [5.41, 5.74) is -0.464. The molecule has 23 heavy (non-hydrogen) atoms. The fourth-order valence-corrected chi connectivity index (χ4v) is 4.14. The summed E-state index contributed by atoms with van der Waals surface area (Å²) in [6.07, 6.45) is 8.73. The molecule has 3 atom stereocenters. The number of carbonyl (C=O) groups excluding carboxylic acids is 1. The molecule has 0 aromatic carbocycles. The summed E-state index contributed by atoms with van der Waals surface area (Å²) in [6, 6.07) is 0.855. The predicted octanol–water partition coefficient (Wildman–Crippen LogP) is 2.10. The maximum Gasteiger partial charge on any atom is 0.315 e. The Morgan fingerprint density at radius 2 is 2.00 bits per heavy atom. The Bertz CT molecular complexity index is 422. The summed E-state index contributed by atoms with van der Waals surface area (Å²) in [6.45, 7) is 6.44. The molecule has 3 rings (SSSR count). The number of likely N-dealkylation sites (tertiary alicyclic amines) is 1. The normalized spacial score (nSPS) is 30.1. The predicted molar refractivity (Wildman–Crippen MR) is 91.3 cm³/mol. The van der Waals surface area contributed by atoms with Crippen molar-refractivity contribution in [1.82, 2.24) is 15.5 Å². The van der Waals surface area contributed by atoms with Crippen LogP contribution in [-0.2, 0) is 0 Å². The average molecular weight is 323 g/mol. The van der Waals surface area contributed by atoms with Gasteiger partial charge < -0.3 is 20.6 Å². The van der Waals surface area contributed by atoms with Gasteiger partial charge in [0, 0.05) is 18.6 Å². The van der Waals surface area contributed by atoms with Crippen molar-refractivity contribution in [3.8, 4) is 0 Å². The Balaban J connectivity index is 1.47. The van der Waals surface area contributed by atoms with Crippen molar-refractivity contribution in [2.45, 2.75) is 76.4 Å². The number of amides is 2. The Morgan fingerprint density at radius 1 is 1.26 bits per heavy atom. The van der Waals surface area contributed by atoms with E-state index < -0.39 is 5.54 Å². The highest BCUT2D eigenvalue weighted by Crippen LogP contribution is 2.39. The lowest BCUT2D eigenvalue weighted by molar-refractivity contribution is 0.0674. The number of hydrogen-bond donors (Lipinski definition) is 3. The largest absolute Gasteiger partial charge is 0.394 e. The van der Waals surface area contributed by atoms with Crippen LogP contribution in [0.15, 0.2) is 0 Å². The Labute approximate surface area is 140 Å². The minimum absolute atomic E-state index is 0.0123. The van der Waals surface area contributed by atoms with Crippen LogP contribution in [-0.4, -0.2) is 53.4 Å². The van der Waals surface area contributed by atoms with Gasteiger partial charge >= 0.3 is 6.03 Å². The van der Waals surface area contributed by atoms with Gasteiger partial charge in [-0.15, -0.1) is 0 Å². The first-order valence-corrected chi connectivity index (χ1v) is 9.45. The van der Waals surface area contributed by atoms with E-state index in [4.69, 9.17) is 0 Å². The van der Waals surface area contributed by atoms with Gasteiger partial charge in [-0.25, -0.2) is 4.79 Å². The van der Waals surface area contributed by atoms with Gasteiger partial charge in [-0.1, -0.05) is 6.42 Å². The second-order valence-corrected chi connectivity index (χ2v) is 8.22. The molecule has 2 saturated carbocycles. The van der Waals surface area contributed by atoms with E-state index in [1.54, 1.807) is 0 Å². The summed E-state index contributed by atoms with van der Waals surface area (Å²) < 4.78 is 0. The zero-order valence-electron chi connectivity index (χ0n) is 14.7. The zero-order valence-corrected chi connectivity index (χ0v) is 14.7. The standard InChI is InChI=1S/C18H33N3O2/c1-13(14-5-4-10-21(11-14)16-6-3-7-16)19-17(23)20-18(2,12-22)15-8-9-15/h13-16,22H,3-12H2,1-2H3,(H2,19,20,23). The highest BCUT2D eigenvalue weighted by molar-refractivity contribution is 5.75. The molecule has 5 nitrogen and oxygen atoms in total. The summed E-state index contributed by atoms with van der Waals surface area (Å²) in [5.74, 6) is 0.966. The average Bonchev–Trinajstić information content (AvgIpc) is 3.30. The van der Waals surface area contributed by atoms with Crippen LogP contribution < -0.4 is 10.6 Å². The first-order chi connectivity index (χ1) is 11.0. The SMILES string of the molecule is CC(NC(=O)NC(C)(CO)C1CC1)C1CCCN(C2CCC2)C1. The number of hydrogen-bond acceptors (Lipinski definition) is 3. The van der Waals surface area contributed by atoms with Gasteiger partial charge in [0.2, 0.25) is 0 Å². The van der Waals surface area contributed by atoms with E-state index in [0.717, 1.165) is 25.4 Å². The molecule has 1 heterocycles. The minimum atomic E-state index is -0.464. The fraction of sp³-hybridized carbons (Fsp3) is 0.944. The van der Waals surface area contributed by atoms with Gasteiger partial charge in [-0.05, 0) is 70.8 Å². The van der Waals surface area contributed by atoms with E-state index in [0.29, 0.717) is 11.8 Å². The van der Waals surface area contributed by atoms with Crippen molar-refractivity contribution in [1.29, 1.82) is 0 Å². The van der Waals surface area contributed by atoms with E-state index in [-0.39, 0.29) is 18.7 Å². The lowest BCUT2D eigenvalue weighted by atomic mass is 9.85. The number of piperidine rings is 1. The van der Waals surface area contributed by atoms with Crippen LogP contribution in [0.5, 0.6) is 0 Å². The van der Waals surface area contributed by atoms with E-state index >= 15 is 0 Å². The molecule has 3 aliphatic rings. The van der Waals surface area contributed by atoms with Gasteiger partial charge in [-0.2, -0.15) is 0 Å². The summed E-state index contributed by atoms with van der Waals surface area (Å²) in [5, 5.41) is 15.8. The van der Waals surface area contributed by atoms with Crippen LogP contribution in [0.4, 0.5) is 4.79 Å². The minimum Gasteiger partial charge on any atom is -0.394 e. The highest BCUT2D eigenvalue weighted by atomic mass is 16.3. The lowest BCUT2D eigenvalue weighted by Crippen LogP contribution is -2.57. The summed E-state index contributed by atoms with van der Waals surface area (Å²) in [4.78, 5) is 15.0. The lowest BCUT2D eigenvalue weighted by Gasteiger charge is -2.44. The molecule has 1 saturated heterocycles.